The molecule has 1 nitrogen and oxygen atoms in total. The van der Waals surface area contributed by atoms with E-state index >= 15 is 0 Å². The van der Waals surface area contributed by atoms with Gasteiger partial charge >= 0.3 is 0 Å². The van der Waals surface area contributed by atoms with E-state index in [4.69, 9.17) is 11.6 Å². The van der Waals surface area contributed by atoms with Gasteiger partial charge in [-0.15, -0.1) is 0 Å². The van der Waals surface area contributed by atoms with Gasteiger partial charge in [0.05, 0.1) is 5.02 Å². The molecule has 0 bridgehead atoms. The highest BCUT2D eigenvalue weighted by atomic mass is 35.5. The molecule has 0 fully saturated rings. The van der Waals surface area contributed by atoms with E-state index in [9.17, 15) is 0 Å². The Kier molecular flexibility index (Phi) is 5.53. The molecule has 0 saturated heterocycles. The van der Waals surface area contributed by atoms with Crippen LogP contribution in [0, 0.1) is 6.92 Å². The summed E-state index contributed by atoms with van der Waals surface area (Å²) in [6, 6.07) is 15.1. The van der Waals surface area contributed by atoms with Crippen molar-refractivity contribution >= 4 is 23.4 Å². The standard InChI is InChI=1S/C17H20ClNS/c1-12(2)19-11-14-8-9-16(13(3)10-14)20-17-7-5-4-6-15(17)18/h4-10,12,19H,11H2,1-3H3. The fourth-order valence-corrected chi connectivity index (χ4v) is 3.06. The van der Waals surface area contributed by atoms with E-state index in [2.05, 4.69) is 50.4 Å². The molecule has 0 spiro atoms. The summed E-state index contributed by atoms with van der Waals surface area (Å²) in [5.41, 5.74) is 2.61. The predicted molar refractivity (Wildman–Crippen MR) is 88.7 cm³/mol. The topological polar surface area (TPSA) is 12.0 Å². The van der Waals surface area contributed by atoms with E-state index in [1.165, 1.54) is 16.0 Å². The molecule has 0 unspecified atom stereocenters. The molecule has 0 heterocycles. The van der Waals surface area contributed by atoms with Gasteiger partial charge < -0.3 is 5.32 Å². The van der Waals surface area contributed by atoms with Crippen LogP contribution in [0.25, 0.3) is 0 Å². The Morgan fingerprint density at radius 1 is 1.10 bits per heavy atom. The largest absolute Gasteiger partial charge is 0.310 e. The van der Waals surface area contributed by atoms with Gasteiger partial charge in [0, 0.05) is 22.4 Å². The Hall–Kier alpha value is -0.960. The summed E-state index contributed by atoms with van der Waals surface area (Å²) in [6.07, 6.45) is 0. The Balaban J connectivity index is 2.12. The Morgan fingerprint density at radius 2 is 1.85 bits per heavy atom. The van der Waals surface area contributed by atoms with Crippen LogP contribution in [0.15, 0.2) is 52.3 Å². The summed E-state index contributed by atoms with van der Waals surface area (Å²) in [7, 11) is 0. The summed E-state index contributed by atoms with van der Waals surface area (Å²) in [5.74, 6) is 0. The third-order valence-electron chi connectivity index (χ3n) is 3.01. The average molecular weight is 306 g/mol. The van der Waals surface area contributed by atoms with Crippen LogP contribution in [0.5, 0.6) is 0 Å². The summed E-state index contributed by atoms with van der Waals surface area (Å²) in [5, 5.41) is 4.25. The van der Waals surface area contributed by atoms with Crippen LogP contribution < -0.4 is 5.32 Å². The van der Waals surface area contributed by atoms with Crippen molar-refractivity contribution in [1.29, 1.82) is 0 Å². The van der Waals surface area contributed by atoms with Gasteiger partial charge in [-0.25, -0.2) is 0 Å². The first-order chi connectivity index (χ1) is 9.56. The number of hydrogen-bond donors (Lipinski definition) is 1. The van der Waals surface area contributed by atoms with Crippen LogP contribution in [-0.4, -0.2) is 6.04 Å². The van der Waals surface area contributed by atoms with Crippen LogP contribution in [0.3, 0.4) is 0 Å². The molecule has 0 aliphatic heterocycles. The maximum Gasteiger partial charge on any atom is 0.0545 e. The SMILES string of the molecule is Cc1cc(CNC(C)C)ccc1Sc1ccccc1Cl. The maximum atomic E-state index is 6.21. The number of nitrogens with one attached hydrogen (secondary N) is 1. The van der Waals surface area contributed by atoms with Crippen LogP contribution in [-0.2, 0) is 6.54 Å². The van der Waals surface area contributed by atoms with Crippen LogP contribution in [0.1, 0.15) is 25.0 Å². The lowest BCUT2D eigenvalue weighted by molar-refractivity contribution is 0.588. The molecule has 1 N–H and O–H groups in total. The fraction of sp³-hybridized carbons (Fsp3) is 0.294. The molecule has 0 aliphatic rings. The van der Waals surface area contributed by atoms with E-state index in [-0.39, 0.29) is 0 Å². The maximum absolute atomic E-state index is 6.21. The lowest BCUT2D eigenvalue weighted by atomic mass is 10.1. The van der Waals surface area contributed by atoms with Crippen molar-refractivity contribution in [2.75, 3.05) is 0 Å². The smallest absolute Gasteiger partial charge is 0.0545 e. The molecule has 3 heteroatoms. The minimum atomic E-state index is 0.507. The first-order valence-electron chi connectivity index (χ1n) is 6.81. The van der Waals surface area contributed by atoms with Crippen molar-refractivity contribution in [3.05, 3.63) is 58.6 Å². The molecule has 0 atom stereocenters. The van der Waals surface area contributed by atoms with Crippen molar-refractivity contribution in [3.8, 4) is 0 Å². The molecular formula is C17H20ClNS. The van der Waals surface area contributed by atoms with Crippen molar-refractivity contribution < 1.29 is 0 Å². The second-order valence-electron chi connectivity index (χ2n) is 5.17. The quantitative estimate of drug-likeness (QED) is 0.804. The third kappa shape index (κ3) is 4.27. The van der Waals surface area contributed by atoms with Crippen LogP contribution in [0.2, 0.25) is 5.02 Å². The van der Waals surface area contributed by atoms with Gasteiger partial charge in [0.1, 0.15) is 0 Å². The zero-order valence-corrected chi connectivity index (χ0v) is 13.7. The van der Waals surface area contributed by atoms with E-state index in [0.717, 1.165) is 16.5 Å². The van der Waals surface area contributed by atoms with Gasteiger partial charge in [0.2, 0.25) is 0 Å². The van der Waals surface area contributed by atoms with Gasteiger partial charge in [-0.2, -0.15) is 0 Å². The summed E-state index contributed by atoms with van der Waals surface area (Å²) in [4.78, 5) is 2.36. The number of aryl methyl sites for hydroxylation is 1. The lowest BCUT2D eigenvalue weighted by Gasteiger charge is -2.11. The van der Waals surface area contributed by atoms with E-state index in [0.29, 0.717) is 6.04 Å². The molecule has 106 valence electrons. The Labute approximate surface area is 130 Å². The van der Waals surface area contributed by atoms with Gasteiger partial charge in [-0.1, -0.05) is 61.5 Å². The number of hydrogen-bond acceptors (Lipinski definition) is 2. The summed E-state index contributed by atoms with van der Waals surface area (Å²) >= 11 is 7.93. The second kappa shape index (κ2) is 7.16. The van der Waals surface area contributed by atoms with E-state index in [1.807, 2.05) is 18.2 Å². The number of benzene rings is 2. The number of halogens is 1. The van der Waals surface area contributed by atoms with Crippen molar-refractivity contribution in [1.82, 2.24) is 5.32 Å². The highest BCUT2D eigenvalue weighted by molar-refractivity contribution is 7.99. The average Bonchev–Trinajstić information content (AvgIpc) is 2.41. The highest BCUT2D eigenvalue weighted by Crippen LogP contribution is 2.34. The molecule has 0 aromatic heterocycles. The van der Waals surface area contributed by atoms with Gasteiger partial charge in [0.15, 0.2) is 0 Å². The minimum absolute atomic E-state index is 0.507. The molecule has 20 heavy (non-hydrogen) atoms. The highest BCUT2D eigenvalue weighted by Gasteiger charge is 2.05. The zero-order chi connectivity index (χ0) is 14.5. The molecule has 0 radical (unpaired) electrons. The van der Waals surface area contributed by atoms with Crippen LogP contribution >= 0.6 is 23.4 Å². The van der Waals surface area contributed by atoms with Gasteiger partial charge in [-0.3, -0.25) is 0 Å². The molecule has 0 amide bonds. The predicted octanol–water partition coefficient (Wildman–Crippen LogP) is 5.30. The normalized spacial score (nSPS) is 11.1. The molecular weight excluding hydrogens is 286 g/mol. The lowest BCUT2D eigenvalue weighted by Crippen LogP contribution is -2.21. The van der Waals surface area contributed by atoms with Crippen molar-refractivity contribution in [2.45, 2.75) is 43.1 Å². The Morgan fingerprint density at radius 3 is 2.50 bits per heavy atom. The summed E-state index contributed by atoms with van der Waals surface area (Å²) in [6.45, 7) is 7.39. The van der Waals surface area contributed by atoms with Crippen LogP contribution in [0.4, 0.5) is 0 Å². The number of rotatable bonds is 5. The fourth-order valence-electron chi connectivity index (χ4n) is 1.90. The minimum Gasteiger partial charge on any atom is -0.310 e. The monoisotopic (exact) mass is 305 g/mol. The van der Waals surface area contributed by atoms with Crippen molar-refractivity contribution in [3.63, 3.8) is 0 Å². The molecule has 0 aliphatic carbocycles. The second-order valence-corrected chi connectivity index (χ2v) is 6.66. The first kappa shape index (κ1) is 15.4. The molecule has 2 aromatic rings. The third-order valence-corrected chi connectivity index (χ3v) is 4.71. The van der Waals surface area contributed by atoms with Gasteiger partial charge in [-0.05, 0) is 36.2 Å². The van der Waals surface area contributed by atoms with E-state index < -0.39 is 0 Å². The first-order valence-corrected chi connectivity index (χ1v) is 8.01. The van der Waals surface area contributed by atoms with Crippen molar-refractivity contribution in [2.24, 2.45) is 0 Å². The van der Waals surface area contributed by atoms with Gasteiger partial charge in [0.25, 0.3) is 0 Å². The summed E-state index contributed by atoms with van der Waals surface area (Å²) < 4.78 is 0. The molecule has 2 aromatic carbocycles. The zero-order valence-electron chi connectivity index (χ0n) is 12.1. The molecule has 0 saturated carbocycles. The Bertz CT molecular complexity index is 581. The van der Waals surface area contributed by atoms with E-state index in [1.54, 1.807) is 11.8 Å². The molecule has 2 rings (SSSR count).